The molecule has 0 bridgehead atoms. The highest BCUT2D eigenvalue weighted by atomic mass is 79.9. The minimum absolute atomic E-state index is 0.236. The van der Waals surface area contributed by atoms with Gasteiger partial charge in [-0.3, -0.25) is 0 Å². The van der Waals surface area contributed by atoms with Gasteiger partial charge in [-0.1, -0.05) is 41.9 Å². The Hall–Kier alpha value is -0.380. The molecule has 1 atom stereocenters. The lowest BCUT2D eigenvalue weighted by Crippen LogP contribution is -2.24. The summed E-state index contributed by atoms with van der Waals surface area (Å²) in [7, 11) is 0. The summed E-state index contributed by atoms with van der Waals surface area (Å²) >= 11 is 3.44. The van der Waals surface area contributed by atoms with Crippen molar-refractivity contribution in [1.82, 2.24) is 4.90 Å². The summed E-state index contributed by atoms with van der Waals surface area (Å²) in [6.45, 7) is 7.97. The van der Waals surface area contributed by atoms with Gasteiger partial charge in [0.25, 0.3) is 0 Å². The molecule has 0 fully saturated rings. The predicted molar refractivity (Wildman–Crippen MR) is 81.0 cm³/mol. The minimum atomic E-state index is 0.236. The standard InChI is InChI=1S/C15H24BrNO/c1-3-17(4-2)11-5-6-14(12-18)13-7-9-15(16)10-8-13/h7-10,14,18H,3-6,11-12H2,1-2H3. The topological polar surface area (TPSA) is 23.5 Å². The molecule has 0 spiro atoms. The van der Waals surface area contributed by atoms with Crippen molar-refractivity contribution in [2.45, 2.75) is 32.6 Å². The summed E-state index contributed by atoms with van der Waals surface area (Å²) < 4.78 is 1.09. The molecule has 0 heterocycles. The highest BCUT2D eigenvalue weighted by molar-refractivity contribution is 9.10. The molecule has 3 heteroatoms. The van der Waals surface area contributed by atoms with Crippen LogP contribution in [0.1, 0.15) is 38.2 Å². The second-order valence-electron chi connectivity index (χ2n) is 4.60. The van der Waals surface area contributed by atoms with E-state index < -0.39 is 0 Å². The van der Waals surface area contributed by atoms with Gasteiger partial charge in [0.05, 0.1) is 0 Å². The van der Waals surface area contributed by atoms with Crippen molar-refractivity contribution in [3.8, 4) is 0 Å². The molecule has 0 radical (unpaired) electrons. The van der Waals surface area contributed by atoms with Crippen LogP contribution in [0.5, 0.6) is 0 Å². The Morgan fingerprint density at radius 1 is 1.17 bits per heavy atom. The van der Waals surface area contributed by atoms with E-state index in [0.29, 0.717) is 0 Å². The Labute approximate surface area is 119 Å². The smallest absolute Gasteiger partial charge is 0.0499 e. The maximum absolute atomic E-state index is 9.50. The molecule has 1 unspecified atom stereocenters. The van der Waals surface area contributed by atoms with Gasteiger partial charge >= 0.3 is 0 Å². The summed E-state index contributed by atoms with van der Waals surface area (Å²) in [5.74, 6) is 0.272. The van der Waals surface area contributed by atoms with Crippen LogP contribution < -0.4 is 0 Å². The van der Waals surface area contributed by atoms with Crippen molar-refractivity contribution in [3.05, 3.63) is 34.3 Å². The molecule has 0 amide bonds. The van der Waals surface area contributed by atoms with Gasteiger partial charge in [-0.2, -0.15) is 0 Å². The third-order valence-electron chi connectivity index (χ3n) is 3.48. The van der Waals surface area contributed by atoms with E-state index in [1.54, 1.807) is 0 Å². The van der Waals surface area contributed by atoms with Crippen molar-refractivity contribution < 1.29 is 5.11 Å². The third-order valence-corrected chi connectivity index (χ3v) is 4.01. The van der Waals surface area contributed by atoms with Crippen LogP contribution in [0.3, 0.4) is 0 Å². The van der Waals surface area contributed by atoms with Crippen LogP contribution in [-0.4, -0.2) is 36.2 Å². The largest absolute Gasteiger partial charge is 0.396 e. The van der Waals surface area contributed by atoms with Gasteiger partial charge in [-0.15, -0.1) is 0 Å². The molecule has 0 aliphatic rings. The van der Waals surface area contributed by atoms with Crippen LogP contribution in [-0.2, 0) is 0 Å². The van der Waals surface area contributed by atoms with E-state index in [4.69, 9.17) is 0 Å². The molecule has 0 saturated carbocycles. The summed E-state index contributed by atoms with van der Waals surface area (Å²) in [6.07, 6.45) is 2.19. The van der Waals surface area contributed by atoms with Crippen LogP contribution in [0.15, 0.2) is 28.7 Å². The molecule has 0 aliphatic heterocycles. The fourth-order valence-electron chi connectivity index (χ4n) is 2.20. The van der Waals surface area contributed by atoms with E-state index in [9.17, 15) is 5.11 Å². The number of nitrogens with zero attached hydrogens (tertiary/aromatic N) is 1. The van der Waals surface area contributed by atoms with E-state index in [2.05, 4.69) is 46.8 Å². The van der Waals surface area contributed by atoms with Crippen molar-refractivity contribution in [2.24, 2.45) is 0 Å². The maximum atomic E-state index is 9.50. The van der Waals surface area contributed by atoms with Crippen LogP contribution >= 0.6 is 15.9 Å². The molecule has 0 aliphatic carbocycles. The Balaban J connectivity index is 2.44. The number of halogens is 1. The average Bonchev–Trinajstić information content (AvgIpc) is 2.41. The Morgan fingerprint density at radius 2 is 1.78 bits per heavy atom. The molecule has 2 nitrogen and oxygen atoms in total. The van der Waals surface area contributed by atoms with Crippen LogP contribution in [0.2, 0.25) is 0 Å². The van der Waals surface area contributed by atoms with Crippen LogP contribution in [0.25, 0.3) is 0 Å². The first-order valence-electron chi connectivity index (χ1n) is 6.79. The zero-order chi connectivity index (χ0) is 13.4. The number of hydrogen-bond acceptors (Lipinski definition) is 2. The number of aliphatic hydroxyl groups is 1. The lowest BCUT2D eigenvalue weighted by atomic mass is 9.95. The Kier molecular flexibility index (Phi) is 7.56. The van der Waals surface area contributed by atoms with Gasteiger partial charge in [0.15, 0.2) is 0 Å². The summed E-state index contributed by atoms with van der Waals surface area (Å²) in [5.41, 5.74) is 1.24. The van der Waals surface area contributed by atoms with Gasteiger partial charge in [0, 0.05) is 17.0 Å². The molecule has 1 N–H and O–H groups in total. The van der Waals surface area contributed by atoms with E-state index >= 15 is 0 Å². The second kappa shape index (κ2) is 8.68. The van der Waals surface area contributed by atoms with Crippen LogP contribution in [0.4, 0.5) is 0 Å². The number of rotatable bonds is 8. The number of hydrogen-bond donors (Lipinski definition) is 1. The normalized spacial score (nSPS) is 12.9. The first kappa shape index (κ1) is 15.7. The molecule has 18 heavy (non-hydrogen) atoms. The fraction of sp³-hybridized carbons (Fsp3) is 0.600. The van der Waals surface area contributed by atoms with E-state index in [1.165, 1.54) is 5.56 Å². The van der Waals surface area contributed by atoms with E-state index in [1.807, 2.05) is 12.1 Å². The SMILES string of the molecule is CCN(CC)CCCC(CO)c1ccc(Br)cc1. The quantitative estimate of drug-likeness (QED) is 0.792. The molecule has 0 saturated heterocycles. The Bertz CT molecular complexity index is 322. The molecular formula is C15H24BrNO. The highest BCUT2D eigenvalue weighted by Crippen LogP contribution is 2.22. The van der Waals surface area contributed by atoms with Gasteiger partial charge < -0.3 is 10.0 Å². The van der Waals surface area contributed by atoms with E-state index in [-0.39, 0.29) is 12.5 Å². The van der Waals surface area contributed by atoms with Crippen LogP contribution in [0, 0.1) is 0 Å². The Morgan fingerprint density at radius 3 is 2.28 bits per heavy atom. The lowest BCUT2D eigenvalue weighted by Gasteiger charge is -2.20. The lowest BCUT2D eigenvalue weighted by molar-refractivity contribution is 0.244. The average molecular weight is 314 g/mol. The molecule has 1 aromatic rings. The van der Waals surface area contributed by atoms with Crippen molar-refractivity contribution >= 4 is 15.9 Å². The molecule has 0 aromatic heterocycles. The monoisotopic (exact) mass is 313 g/mol. The molecular weight excluding hydrogens is 290 g/mol. The zero-order valence-electron chi connectivity index (χ0n) is 11.4. The molecule has 1 rings (SSSR count). The number of aliphatic hydroxyl groups excluding tert-OH is 1. The second-order valence-corrected chi connectivity index (χ2v) is 5.52. The number of benzene rings is 1. The van der Waals surface area contributed by atoms with Gasteiger partial charge in [-0.05, 0) is 50.2 Å². The van der Waals surface area contributed by atoms with Gasteiger partial charge in [0.1, 0.15) is 0 Å². The summed E-state index contributed by atoms with van der Waals surface area (Å²) in [5, 5.41) is 9.50. The first-order chi connectivity index (χ1) is 8.71. The molecule has 1 aromatic carbocycles. The zero-order valence-corrected chi connectivity index (χ0v) is 13.0. The fourth-order valence-corrected chi connectivity index (χ4v) is 2.46. The van der Waals surface area contributed by atoms with E-state index in [0.717, 1.165) is 36.9 Å². The summed E-state index contributed by atoms with van der Waals surface area (Å²) in [6, 6.07) is 8.29. The van der Waals surface area contributed by atoms with Crippen molar-refractivity contribution in [2.75, 3.05) is 26.2 Å². The predicted octanol–water partition coefficient (Wildman–Crippen LogP) is 3.65. The minimum Gasteiger partial charge on any atom is -0.396 e. The summed E-state index contributed by atoms with van der Waals surface area (Å²) in [4.78, 5) is 2.43. The third kappa shape index (κ3) is 5.09. The molecule has 102 valence electrons. The van der Waals surface area contributed by atoms with Gasteiger partial charge in [-0.25, -0.2) is 0 Å². The van der Waals surface area contributed by atoms with Crippen molar-refractivity contribution in [1.29, 1.82) is 0 Å². The van der Waals surface area contributed by atoms with Crippen molar-refractivity contribution in [3.63, 3.8) is 0 Å². The maximum Gasteiger partial charge on any atom is 0.0499 e. The van der Waals surface area contributed by atoms with Gasteiger partial charge in [0.2, 0.25) is 0 Å². The highest BCUT2D eigenvalue weighted by Gasteiger charge is 2.10. The first-order valence-corrected chi connectivity index (χ1v) is 7.59.